The van der Waals surface area contributed by atoms with E-state index in [2.05, 4.69) is 17.1 Å². The Morgan fingerprint density at radius 3 is 3.00 bits per heavy atom. The van der Waals surface area contributed by atoms with E-state index in [9.17, 15) is 0 Å². The van der Waals surface area contributed by atoms with Gasteiger partial charge in [-0.2, -0.15) is 11.8 Å². The predicted molar refractivity (Wildman–Crippen MR) is 46.5 cm³/mol. The lowest BCUT2D eigenvalue weighted by Crippen LogP contribution is -2.45. The topological polar surface area (TPSA) is 12.0 Å². The summed E-state index contributed by atoms with van der Waals surface area (Å²) in [6, 6.07) is 0.868. The van der Waals surface area contributed by atoms with Crippen LogP contribution in [0.1, 0.15) is 25.7 Å². The van der Waals surface area contributed by atoms with Crippen molar-refractivity contribution >= 4 is 11.8 Å². The maximum Gasteiger partial charge on any atom is 0.0201 e. The van der Waals surface area contributed by atoms with Crippen LogP contribution in [0, 0.1) is 0 Å². The third-order valence-corrected chi connectivity index (χ3v) is 3.98. The fraction of sp³-hybridized carbons (Fsp3) is 1.00. The molecule has 0 spiro atoms. The first-order valence-corrected chi connectivity index (χ1v) is 5.37. The lowest BCUT2D eigenvalue weighted by molar-refractivity contribution is 0.383. The fourth-order valence-electron chi connectivity index (χ4n) is 1.98. The van der Waals surface area contributed by atoms with Crippen molar-refractivity contribution < 1.29 is 0 Å². The molecular formula is C8H15NS. The number of hydrogen-bond acceptors (Lipinski definition) is 2. The van der Waals surface area contributed by atoms with Crippen LogP contribution in [0.25, 0.3) is 0 Å². The Labute approximate surface area is 67.0 Å². The molecule has 2 aliphatic rings. The zero-order valence-corrected chi connectivity index (χ0v) is 7.12. The summed E-state index contributed by atoms with van der Waals surface area (Å²) in [6.45, 7) is 1.24. The molecule has 10 heavy (non-hydrogen) atoms. The minimum absolute atomic E-state index is 0.868. The highest BCUT2D eigenvalue weighted by atomic mass is 32.2. The first-order valence-electron chi connectivity index (χ1n) is 4.32. The second-order valence-corrected chi connectivity index (χ2v) is 4.60. The monoisotopic (exact) mass is 157 g/mol. The van der Waals surface area contributed by atoms with Gasteiger partial charge in [0.05, 0.1) is 0 Å². The summed E-state index contributed by atoms with van der Waals surface area (Å²) >= 11 is 2.18. The van der Waals surface area contributed by atoms with Crippen molar-refractivity contribution in [3.05, 3.63) is 0 Å². The third-order valence-electron chi connectivity index (χ3n) is 2.54. The maximum absolute atomic E-state index is 3.60. The van der Waals surface area contributed by atoms with Gasteiger partial charge in [-0.1, -0.05) is 12.8 Å². The van der Waals surface area contributed by atoms with E-state index in [1.54, 1.807) is 0 Å². The van der Waals surface area contributed by atoms with Gasteiger partial charge in [0, 0.05) is 23.6 Å². The van der Waals surface area contributed by atoms with Crippen molar-refractivity contribution in [1.82, 2.24) is 5.32 Å². The zero-order valence-electron chi connectivity index (χ0n) is 6.31. The summed E-state index contributed by atoms with van der Waals surface area (Å²) in [5.74, 6) is 1.33. The van der Waals surface area contributed by atoms with Gasteiger partial charge in [-0.15, -0.1) is 0 Å². The van der Waals surface area contributed by atoms with Crippen LogP contribution < -0.4 is 5.32 Å². The third kappa shape index (κ3) is 1.32. The van der Waals surface area contributed by atoms with Crippen LogP contribution in [0.5, 0.6) is 0 Å². The van der Waals surface area contributed by atoms with E-state index in [4.69, 9.17) is 0 Å². The van der Waals surface area contributed by atoms with Crippen LogP contribution in [-0.2, 0) is 0 Å². The van der Waals surface area contributed by atoms with Crippen LogP contribution in [0.3, 0.4) is 0 Å². The number of fused-ring (bicyclic) bond motifs is 1. The van der Waals surface area contributed by atoms with Gasteiger partial charge < -0.3 is 5.32 Å². The summed E-state index contributed by atoms with van der Waals surface area (Å²) < 4.78 is 0. The Morgan fingerprint density at radius 2 is 2.10 bits per heavy atom. The van der Waals surface area contributed by atoms with Crippen molar-refractivity contribution in [2.75, 3.05) is 12.3 Å². The van der Waals surface area contributed by atoms with Crippen molar-refractivity contribution in [2.45, 2.75) is 37.0 Å². The molecule has 0 bridgehead atoms. The van der Waals surface area contributed by atoms with Crippen molar-refractivity contribution in [1.29, 1.82) is 0 Å². The summed E-state index contributed by atoms with van der Waals surface area (Å²) in [5.41, 5.74) is 0. The van der Waals surface area contributed by atoms with Gasteiger partial charge in [0.1, 0.15) is 0 Å². The minimum Gasteiger partial charge on any atom is -0.312 e. The number of thioether (sulfide) groups is 1. The highest BCUT2D eigenvalue weighted by molar-refractivity contribution is 8.00. The number of nitrogens with one attached hydrogen (secondary N) is 1. The molecule has 0 aromatic rings. The van der Waals surface area contributed by atoms with Crippen LogP contribution in [0.2, 0.25) is 0 Å². The van der Waals surface area contributed by atoms with Crippen LogP contribution >= 0.6 is 11.8 Å². The van der Waals surface area contributed by atoms with Crippen molar-refractivity contribution in [3.8, 4) is 0 Å². The molecule has 2 unspecified atom stereocenters. The molecule has 0 aromatic heterocycles. The van der Waals surface area contributed by atoms with Crippen LogP contribution in [0.4, 0.5) is 0 Å². The molecule has 1 aliphatic carbocycles. The summed E-state index contributed by atoms with van der Waals surface area (Å²) in [6.07, 6.45) is 5.81. The van der Waals surface area contributed by atoms with E-state index < -0.39 is 0 Å². The smallest absolute Gasteiger partial charge is 0.0201 e. The van der Waals surface area contributed by atoms with Crippen molar-refractivity contribution in [3.63, 3.8) is 0 Å². The predicted octanol–water partition coefficient (Wildman–Crippen LogP) is 1.63. The Hall–Kier alpha value is 0.310. The Kier molecular flexibility index (Phi) is 2.19. The van der Waals surface area contributed by atoms with Crippen molar-refractivity contribution in [2.24, 2.45) is 0 Å². The number of hydrogen-bond donors (Lipinski definition) is 1. The first-order chi connectivity index (χ1) is 4.97. The van der Waals surface area contributed by atoms with Gasteiger partial charge in [0.15, 0.2) is 0 Å². The number of rotatable bonds is 0. The van der Waals surface area contributed by atoms with Gasteiger partial charge in [0.2, 0.25) is 0 Å². The van der Waals surface area contributed by atoms with E-state index in [-0.39, 0.29) is 0 Å². The lowest BCUT2D eigenvalue weighted by Gasteiger charge is -2.35. The largest absolute Gasteiger partial charge is 0.312 e. The lowest BCUT2D eigenvalue weighted by atomic mass is 9.95. The Bertz CT molecular complexity index is 89.8. The zero-order chi connectivity index (χ0) is 6.81. The molecular weight excluding hydrogens is 142 g/mol. The Balaban J connectivity index is 1.93. The fourth-order valence-corrected chi connectivity index (χ4v) is 3.32. The molecule has 0 amide bonds. The molecule has 1 aliphatic heterocycles. The highest BCUT2D eigenvalue weighted by Crippen LogP contribution is 2.30. The SMILES string of the molecule is C1CCC2SCCNC2C1. The summed E-state index contributed by atoms with van der Waals surface area (Å²) in [4.78, 5) is 0. The van der Waals surface area contributed by atoms with E-state index in [0.717, 1.165) is 11.3 Å². The quantitative estimate of drug-likeness (QED) is 0.573. The van der Waals surface area contributed by atoms with E-state index in [1.165, 1.54) is 38.0 Å². The van der Waals surface area contributed by atoms with E-state index in [0.29, 0.717) is 0 Å². The van der Waals surface area contributed by atoms with Gasteiger partial charge in [-0.05, 0) is 12.8 Å². The molecule has 58 valence electrons. The molecule has 0 aromatic carbocycles. The summed E-state index contributed by atoms with van der Waals surface area (Å²) in [5, 5.41) is 4.56. The average Bonchev–Trinajstić information content (AvgIpc) is 2.05. The molecule has 2 rings (SSSR count). The van der Waals surface area contributed by atoms with E-state index >= 15 is 0 Å². The normalized spacial score (nSPS) is 40.8. The van der Waals surface area contributed by atoms with Gasteiger partial charge in [0.25, 0.3) is 0 Å². The molecule has 2 atom stereocenters. The molecule has 1 N–H and O–H groups in total. The molecule has 1 saturated carbocycles. The minimum atomic E-state index is 0.868. The molecule has 1 saturated heterocycles. The molecule has 1 heterocycles. The average molecular weight is 157 g/mol. The van der Waals surface area contributed by atoms with Crippen LogP contribution in [-0.4, -0.2) is 23.6 Å². The van der Waals surface area contributed by atoms with Crippen LogP contribution in [0.15, 0.2) is 0 Å². The molecule has 2 fully saturated rings. The van der Waals surface area contributed by atoms with Gasteiger partial charge >= 0.3 is 0 Å². The molecule has 1 nitrogen and oxygen atoms in total. The highest BCUT2D eigenvalue weighted by Gasteiger charge is 2.27. The van der Waals surface area contributed by atoms with Gasteiger partial charge in [-0.3, -0.25) is 0 Å². The second-order valence-electron chi connectivity index (χ2n) is 3.25. The standard InChI is InChI=1S/C8H15NS/c1-2-4-8-7(3-1)9-5-6-10-8/h7-9H,1-6H2. The summed E-state index contributed by atoms with van der Waals surface area (Å²) in [7, 11) is 0. The maximum atomic E-state index is 3.60. The molecule has 2 heteroatoms. The second kappa shape index (κ2) is 3.14. The Morgan fingerprint density at radius 1 is 1.20 bits per heavy atom. The van der Waals surface area contributed by atoms with E-state index in [1.807, 2.05) is 0 Å². The van der Waals surface area contributed by atoms with Gasteiger partial charge in [-0.25, -0.2) is 0 Å². The molecule has 0 radical (unpaired) electrons. The first kappa shape index (κ1) is 6.99.